The first-order valence-electron chi connectivity index (χ1n) is 22.1. The molecule has 3 aromatic heterocycles. The zero-order valence-corrected chi connectivity index (χ0v) is 36.5. The van der Waals surface area contributed by atoms with Gasteiger partial charge in [-0.25, -0.2) is 15.0 Å². The number of hydrogen-bond acceptors (Lipinski definition) is 5. The van der Waals surface area contributed by atoms with Crippen molar-refractivity contribution >= 4 is 53.4 Å². The molecular formula is C60H39N3OS. The zero-order chi connectivity index (χ0) is 43.2. The Morgan fingerprint density at radius 2 is 0.908 bits per heavy atom. The van der Waals surface area contributed by atoms with Crippen LogP contribution in [0.1, 0.15) is 25.0 Å². The summed E-state index contributed by atoms with van der Waals surface area (Å²) in [5, 5.41) is 4.34. The molecule has 0 saturated heterocycles. The van der Waals surface area contributed by atoms with Gasteiger partial charge in [0, 0.05) is 53.1 Å². The van der Waals surface area contributed by atoms with E-state index in [1.165, 1.54) is 48.2 Å². The Morgan fingerprint density at radius 3 is 1.74 bits per heavy atom. The summed E-state index contributed by atoms with van der Waals surface area (Å²) in [6.45, 7) is 4.65. The van der Waals surface area contributed by atoms with Crippen LogP contribution < -0.4 is 0 Å². The number of fused-ring (bicyclic) bond motifs is 9. The number of furan rings is 1. The quantitative estimate of drug-likeness (QED) is 0.167. The van der Waals surface area contributed by atoms with Crippen LogP contribution in [0.5, 0.6) is 0 Å². The van der Waals surface area contributed by atoms with Crippen LogP contribution in [-0.2, 0) is 5.41 Å². The SMILES string of the molecule is CC1(C)c2ccccc2-c2cc(-c3ccc(-c4ccc5oc6cccc(-c7nc(-c8cccc(-c9ccccc9)c8)nc(-c8cccc9sc%10ccccc%10c89)n7)c6c5c4)cc3)ccc21. The number of aromatic nitrogens is 3. The van der Waals surface area contributed by atoms with Gasteiger partial charge < -0.3 is 4.42 Å². The van der Waals surface area contributed by atoms with Crippen molar-refractivity contribution in [2.24, 2.45) is 0 Å². The van der Waals surface area contributed by atoms with Crippen molar-refractivity contribution < 1.29 is 4.42 Å². The summed E-state index contributed by atoms with van der Waals surface area (Å²) in [7, 11) is 0. The lowest BCUT2D eigenvalue weighted by atomic mass is 9.82. The van der Waals surface area contributed by atoms with Gasteiger partial charge in [0.2, 0.25) is 0 Å². The van der Waals surface area contributed by atoms with Gasteiger partial charge in [0.15, 0.2) is 17.5 Å². The van der Waals surface area contributed by atoms with Gasteiger partial charge in [-0.05, 0) is 98.1 Å². The Kier molecular flexibility index (Phi) is 8.39. The smallest absolute Gasteiger partial charge is 0.164 e. The fraction of sp³-hybridized carbons (Fsp3) is 0.0500. The maximum Gasteiger partial charge on any atom is 0.164 e. The molecule has 306 valence electrons. The molecule has 0 N–H and O–H groups in total. The first-order chi connectivity index (χ1) is 31.9. The van der Waals surface area contributed by atoms with Crippen LogP contribution in [0.2, 0.25) is 0 Å². The van der Waals surface area contributed by atoms with Gasteiger partial charge in [-0.2, -0.15) is 0 Å². The lowest BCUT2D eigenvalue weighted by Gasteiger charge is -2.21. The molecule has 0 atom stereocenters. The monoisotopic (exact) mass is 849 g/mol. The fourth-order valence-corrected chi connectivity index (χ4v) is 11.3. The molecule has 0 radical (unpaired) electrons. The Bertz CT molecular complexity index is 3860. The third-order valence-electron chi connectivity index (χ3n) is 13.4. The summed E-state index contributed by atoms with van der Waals surface area (Å²) in [5.41, 5.74) is 16.7. The summed E-state index contributed by atoms with van der Waals surface area (Å²) in [6, 6.07) is 71.3. The van der Waals surface area contributed by atoms with E-state index in [2.05, 4.69) is 196 Å². The molecule has 0 bridgehead atoms. The van der Waals surface area contributed by atoms with E-state index in [9.17, 15) is 0 Å². The third kappa shape index (κ3) is 6.07. The molecule has 3 heterocycles. The summed E-state index contributed by atoms with van der Waals surface area (Å²) in [5.74, 6) is 1.84. The van der Waals surface area contributed by atoms with Gasteiger partial charge in [0.1, 0.15) is 11.2 Å². The molecule has 1 aliphatic rings. The van der Waals surface area contributed by atoms with Crippen LogP contribution in [0.4, 0.5) is 0 Å². The number of hydrogen-bond donors (Lipinski definition) is 0. The predicted molar refractivity (Wildman–Crippen MR) is 270 cm³/mol. The van der Waals surface area contributed by atoms with Crippen LogP contribution >= 0.6 is 11.3 Å². The van der Waals surface area contributed by atoms with Gasteiger partial charge in [-0.15, -0.1) is 11.3 Å². The molecule has 12 aromatic rings. The van der Waals surface area contributed by atoms with E-state index < -0.39 is 0 Å². The van der Waals surface area contributed by atoms with Gasteiger partial charge in [-0.1, -0.05) is 172 Å². The minimum atomic E-state index is -0.0132. The lowest BCUT2D eigenvalue weighted by molar-refractivity contribution is 0.660. The number of rotatable bonds is 6. The van der Waals surface area contributed by atoms with Crippen LogP contribution in [0.15, 0.2) is 205 Å². The average molecular weight is 850 g/mol. The molecule has 0 spiro atoms. The summed E-state index contributed by atoms with van der Waals surface area (Å²) >= 11 is 1.79. The molecular weight excluding hydrogens is 811 g/mol. The molecule has 0 unspecified atom stereocenters. The average Bonchev–Trinajstić information content (AvgIpc) is 4.01. The fourth-order valence-electron chi connectivity index (χ4n) is 10.1. The highest BCUT2D eigenvalue weighted by Gasteiger charge is 2.35. The molecule has 1 aliphatic carbocycles. The highest BCUT2D eigenvalue weighted by atomic mass is 32.1. The summed E-state index contributed by atoms with van der Waals surface area (Å²) in [4.78, 5) is 15.9. The minimum Gasteiger partial charge on any atom is -0.456 e. The van der Waals surface area contributed by atoms with Gasteiger partial charge in [-0.3, -0.25) is 0 Å². The highest BCUT2D eigenvalue weighted by molar-refractivity contribution is 7.25. The summed E-state index contributed by atoms with van der Waals surface area (Å²) < 4.78 is 9.01. The second kappa shape index (κ2) is 14.5. The number of nitrogens with zero attached hydrogens (tertiary/aromatic N) is 3. The maximum absolute atomic E-state index is 6.58. The van der Waals surface area contributed by atoms with E-state index >= 15 is 0 Å². The van der Waals surface area contributed by atoms with Crippen molar-refractivity contribution in [2.75, 3.05) is 0 Å². The molecule has 0 aliphatic heterocycles. The van der Waals surface area contributed by atoms with Crippen LogP contribution in [0, 0.1) is 0 Å². The van der Waals surface area contributed by atoms with Crippen LogP contribution in [-0.4, -0.2) is 15.0 Å². The van der Waals surface area contributed by atoms with Gasteiger partial charge >= 0.3 is 0 Å². The van der Waals surface area contributed by atoms with Crippen molar-refractivity contribution in [3.63, 3.8) is 0 Å². The van der Waals surface area contributed by atoms with E-state index in [-0.39, 0.29) is 5.41 Å². The van der Waals surface area contributed by atoms with E-state index in [4.69, 9.17) is 19.4 Å². The van der Waals surface area contributed by atoms with Gasteiger partial charge in [0.05, 0.1) is 0 Å². The van der Waals surface area contributed by atoms with Crippen molar-refractivity contribution in [2.45, 2.75) is 19.3 Å². The van der Waals surface area contributed by atoms with Crippen molar-refractivity contribution in [3.05, 3.63) is 211 Å². The molecule has 4 nitrogen and oxygen atoms in total. The Morgan fingerprint density at radius 1 is 0.354 bits per heavy atom. The summed E-state index contributed by atoms with van der Waals surface area (Å²) in [6.07, 6.45) is 0. The van der Waals surface area contributed by atoms with E-state index in [0.717, 1.165) is 66.3 Å². The molecule has 0 fully saturated rings. The molecule has 65 heavy (non-hydrogen) atoms. The Balaban J connectivity index is 0.942. The molecule has 0 amide bonds. The first-order valence-corrected chi connectivity index (χ1v) is 22.9. The second-order valence-electron chi connectivity index (χ2n) is 17.5. The number of benzene rings is 9. The van der Waals surface area contributed by atoms with E-state index in [1.807, 2.05) is 18.2 Å². The van der Waals surface area contributed by atoms with E-state index in [1.54, 1.807) is 11.3 Å². The standard InChI is InChI=1S/C60H39N3OS/c1-60(2)49-21-8-6-17-43(49)47-34-40(29-31-50(47)60)37-25-27-38(28-26-37)41-30-32-51-48(35-41)55-45(19-11-22-52(55)64-51)58-61-57(42-16-10-15-39(33-42)36-13-4-3-5-14-36)62-59(63-58)46-20-12-24-54-56(46)44-18-7-9-23-53(44)65-54/h3-35H,1-2H3. The molecule has 0 saturated carbocycles. The molecule has 9 aromatic carbocycles. The van der Waals surface area contributed by atoms with Crippen LogP contribution in [0.25, 0.3) is 121 Å². The van der Waals surface area contributed by atoms with Crippen molar-refractivity contribution in [3.8, 4) is 78.7 Å². The topological polar surface area (TPSA) is 51.8 Å². The zero-order valence-electron chi connectivity index (χ0n) is 35.7. The predicted octanol–water partition coefficient (Wildman–Crippen LogP) is 16.4. The Hall–Kier alpha value is -7.99. The van der Waals surface area contributed by atoms with Gasteiger partial charge in [0.25, 0.3) is 0 Å². The Labute approximate surface area is 380 Å². The first kappa shape index (κ1) is 37.6. The van der Waals surface area contributed by atoms with Crippen molar-refractivity contribution in [1.29, 1.82) is 0 Å². The second-order valence-corrected chi connectivity index (χ2v) is 18.6. The number of thiophene rings is 1. The largest absolute Gasteiger partial charge is 0.456 e. The molecule has 13 rings (SSSR count). The maximum atomic E-state index is 6.58. The highest BCUT2D eigenvalue weighted by Crippen LogP contribution is 2.50. The lowest BCUT2D eigenvalue weighted by Crippen LogP contribution is -2.14. The minimum absolute atomic E-state index is 0.0132. The van der Waals surface area contributed by atoms with Crippen molar-refractivity contribution in [1.82, 2.24) is 15.0 Å². The molecule has 5 heteroatoms. The third-order valence-corrected chi connectivity index (χ3v) is 14.5. The van der Waals surface area contributed by atoms with E-state index in [0.29, 0.717) is 17.5 Å². The normalized spacial score (nSPS) is 12.9. The van der Waals surface area contributed by atoms with Crippen LogP contribution in [0.3, 0.4) is 0 Å².